The molecule has 1 N–H and O–H groups in total. The molecule has 0 radical (unpaired) electrons. The van der Waals surface area contributed by atoms with E-state index in [2.05, 4.69) is 33.0 Å². The summed E-state index contributed by atoms with van der Waals surface area (Å²) in [5, 5.41) is 3.37. The van der Waals surface area contributed by atoms with Crippen LogP contribution in [-0.4, -0.2) is 37.5 Å². The van der Waals surface area contributed by atoms with Gasteiger partial charge in [0.15, 0.2) is 0 Å². The number of carbonyl (C=O) groups excluding carboxylic acids is 1. The molecule has 1 unspecified atom stereocenters. The van der Waals surface area contributed by atoms with Gasteiger partial charge in [0.25, 0.3) is 0 Å². The normalized spacial score (nSPS) is 13.2. The molecule has 0 aromatic heterocycles. The molecule has 0 rings (SSSR count). The van der Waals surface area contributed by atoms with E-state index in [1.807, 2.05) is 14.1 Å². The van der Waals surface area contributed by atoms with Crippen molar-refractivity contribution < 1.29 is 4.79 Å². The molecular formula is C13H28N2O. The second kappa shape index (κ2) is 7.66. The highest BCUT2D eigenvalue weighted by Crippen LogP contribution is 2.07. The fourth-order valence-electron chi connectivity index (χ4n) is 1.60. The highest BCUT2D eigenvalue weighted by molar-refractivity contribution is 5.81. The van der Waals surface area contributed by atoms with Gasteiger partial charge in [-0.3, -0.25) is 4.79 Å². The lowest BCUT2D eigenvalue weighted by Crippen LogP contribution is -2.44. The lowest BCUT2D eigenvalue weighted by Gasteiger charge is -2.23. The zero-order chi connectivity index (χ0) is 12.7. The van der Waals surface area contributed by atoms with E-state index in [1.165, 1.54) is 0 Å². The van der Waals surface area contributed by atoms with Crippen molar-refractivity contribution in [2.75, 3.05) is 20.6 Å². The Hall–Kier alpha value is -0.570. The van der Waals surface area contributed by atoms with E-state index >= 15 is 0 Å². The van der Waals surface area contributed by atoms with Crippen LogP contribution in [0.25, 0.3) is 0 Å². The molecule has 0 aliphatic rings. The Kier molecular flexibility index (Phi) is 7.39. The zero-order valence-electron chi connectivity index (χ0n) is 11.7. The second-order valence-electron chi connectivity index (χ2n) is 5.55. The maximum absolute atomic E-state index is 11.9. The van der Waals surface area contributed by atoms with Crippen molar-refractivity contribution >= 4 is 5.91 Å². The standard InChI is InChI=1S/C13H28N2O/c1-10(2)7-8-14-12(9-11(3)4)13(16)15(5)6/h10-12,14H,7-9H2,1-6H3. The Morgan fingerprint density at radius 1 is 1.12 bits per heavy atom. The Morgan fingerprint density at radius 2 is 1.69 bits per heavy atom. The van der Waals surface area contributed by atoms with Gasteiger partial charge < -0.3 is 10.2 Å². The minimum Gasteiger partial charge on any atom is -0.347 e. The van der Waals surface area contributed by atoms with Crippen molar-refractivity contribution in [1.82, 2.24) is 10.2 Å². The van der Waals surface area contributed by atoms with Crippen molar-refractivity contribution in [2.24, 2.45) is 11.8 Å². The Labute approximate surface area is 101 Å². The highest BCUT2D eigenvalue weighted by Gasteiger charge is 2.20. The van der Waals surface area contributed by atoms with Gasteiger partial charge in [-0.1, -0.05) is 27.7 Å². The van der Waals surface area contributed by atoms with Crippen molar-refractivity contribution in [3.63, 3.8) is 0 Å². The van der Waals surface area contributed by atoms with E-state index in [0.29, 0.717) is 11.8 Å². The van der Waals surface area contributed by atoms with Gasteiger partial charge in [0, 0.05) is 14.1 Å². The third kappa shape index (κ3) is 6.83. The number of nitrogens with one attached hydrogen (secondary N) is 1. The van der Waals surface area contributed by atoms with Crippen molar-refractivity contribution in [2.45, 2.75) is 46.6 Å². The fraction of sp³-hybridized carbons (Fsp3) is 0.923. The first-order chi connectivity index (χ1) is 7.34. The summed E-state index contributed by atoms with van der Waals surface area (Å²) in [5.74, 6) is 1.42. The molecule has 96 valence electrons. The summed E-state index contributed by atoms with van der Waals surface area (Å²) in [7, 11) is 3.64. The van der Waals surface area contributed by atoms with Crippen LogP contribution in [0.4, 0.5) is 0 Å². The van der Waals surface area contributed by atoms with Gasteiger partial charge in [0.05, 0.1) is 6.04 Å². The fourth-order valence-corrected chi connectivity index (χ4v) is 1.60. The van der Waals surface area contributed by atoms with E-state index in [0.717, 1.165) is 19.4 Å². The molecule has 0 saturated carbocycles. The van der Waals surface area contributed by atoms with E-state index in [-0.39, 0.29) is 11.9 Å². The Balaban J connectivity index is 4.15. The summed E-state index contributed by atoms with van der Waals surface area (Å²) in [6.07, 6.45) is 2.03. The number of rotatable bonds is 7. The molecule has 3 nitrogen and oxygen atoms in total. The van der Waals surface area contributed by atoms with Crippen LogP contribution in [0.1, 0.15) is 40.5 Å². The van der Waals surface area contributed by atoms with Crippen molar-refractivity contribution in [1.29, 1.82) is 0 Å². The zero-order valence-corrected chi connectivity index (χ0v) is 11.7. The average molecular weight is 228 g/mol. The molecule has 0 aliphatic carbocycles. The van der Waals surface area contributed by atoms with Gasteiger partial charge in [0.1, 0.15) is 0 Å². The van der Waals surface area contributed by atoms with Crippen LogP contribution in [0, 0.1) is 11.8 Å². The van der Waals surface area contributed by atoms with Crippen LogP contribution >= 0.6 is 0 Å². The lowest BCUT2D eigenvalue weighted by atomic mass is 10.0. The SMILES string of the molecule is CC(C)CCNC(CC(C)C)C(=O)N(C)C. The van der Waals surface area contributed by atoms with Gasteiger partial charge in [-0.15, -0.1) is 0 Å². The number of likely N-dealkylation sites (N-methyl/N-ethyl adjacent to an activating group) is 1. The first-order valence-corrected chi connectivity index (χ1v) is 6.29. The van der Waals surface area contributed by atoms with Crippen LogP contribution in [-0.2, 0) is 4.79 Å². The molecule has 0 fully saturated rings. The molecule has 1 amide bonds. The van der Waals surface area contributed by atoms with Crippen molar-refractivity contribution in [3.05, 3.63) is 0 Å². The number of hydrogen-bond donors (Lipinski definition) is 1. The summed E-state index contributed by atoms with van der Waals surface area (Å²) in [4.78, 5) is 13.6. The molecule has 3 heteroatoms. The van der Waals surface area contributed by atoms with Gasteiger partial charge in [-0.05, 0) is 31.2 Å². The van der Waals surface area contributed by atoms with Crippen LogP contribution in [0.15, 0.2) is 0 Å². The highest BCUT2D eigenvalue weighted by atomic mass is 16.2. The first-order valence-electron chi connectivity index (χ1n) is 6.29. The van der Waals surface area contributed by atoms with Crippen LogP contribution in [0.3, 0.4) is 0 Å². The number of hydrogen-bond acceptors (Lipinski definition) is 2. The van der Waals surface area contributed by atoms with Gasteiger partial charge in [-0.2, -0.15) is 0 Å². The van der Waals surface area contributed by atoms with E-state index in [9.17, 15) is 4.79 Å². The molecule has 0 aromatic rings. The molecule has 0 bridgehead atoms. The molecule has 0 aliphatic heterocycles. The van der Waals surface area contributed by atoms with Crippen LogP contribution in [0.5, 0.6) is 0 Å². The van der Waals surface area contributed by atoms with E-state index in [1.54, 1.807) is 4.90 Å². The van der Waals surface area contributed by atoms with Gasteiger partial charge in [0.2, 0.25) is 5.91 Å². The quantitative estimate of drug-likeness (QED) is 0.724. The minimum absolute atomic E-state index is 0.0197. The summed E-state index contributed by atoms with van der Waals surface area (Å²) in [6, 6.07) is -0.0197. The van der Waals surface area contributed by atoms with Crippen LogP contribution < -0.4 is 5.32 Å². The summed E-state index contributed by atoms with van der Waals surface area (Å²) in [6.45, 7) is 9.63. The molecule has 0 aromatic carbocycles. The third-order valence-electron chi connectivity index (χ3n) is 2.56. The maximum Gasteiger partial charge on any atom is 0.239 e. The number of carbonyl (C=O) groups is 1. The predicted octanol–water partition coefficient (Wildman–Crippen LogP) is 2.12. The maximum atomic E-state index is 11.9. The first kappa shape index (κ1) is 15.4. The second-order valence-corrected chi connectivity index (χ2v) is 5.55. The smallest absolute Gasteiger partial charge is 0.239 e. The predicted molar refractivity (Wildman–Crippen MR) is 69.4 cm³/mol. The average Bonchev–Trinajstić information content (AvgIpc) is 2.13. The summed E-state index contributed by atoms with van der Waals surface area (Å²) >= 11 is 0. The third-order valence-corrected chi connectivity index (χ3v) is 2.56. The molecule has 0 spiro atoms. The lowest BCUT2D eigenvalue weighted by molar-refractivity contribution is -0.131. The van der Waals surface area contributed by atoms with E-state index in [4.69, 9.17) is 0 Å². The monoisotopic (exact) mass is 228 g/mol. The van der Waals surface area contributed by atoms with Crippen molar-refractivity contribution in [3.8, 4) is 0 Å². The number of nitrogens with zero attached hydrogens (tertiary/aromatic N) is 1. The summed E-state index contributed by atoms with van der Waals surface area (Å²) in [5.41, 5.74) is 0. The Morgan fingerprint density at radius 3 is 2.06 bits per heavy atom. The number of amides is 1. The largest absolute Gasteiger partial charge is 0.347 e. The van der Waals surface area contributed by atoms with Crippen LogP contribution in [0.2, 0.25) is 0 Å². The molecular weight excluding hydrogens is 200 g/mol. The topological polar surface area (TPSA) is 32.3 Å². The van der Waals surface area contributed by atoms with E-state index < -0.39 is 0 Å². The van der Waals surface area contributed by atoms with Gasteiger partial charge >= 0.3 is 0 Å². The van der Waals surface area contributed by atoms with Gasteiger partial charge in [-0.25, -0.2) is 0 Å². The molecule has 1 atom stereocenters. The molecule has 0 saturated heterocycles. The minimum atomic E-state index is -0.0197. The Bertz CT molecular complexity index is 200. The molecule has 0 heterocycles. The summed E-state index contributed by atoms with van der Waals surface area (Å²) < 4.78 is 0. The molecule has 16 heavy (non-hydrogen) atoms.